The van der Waals surface area contributed by atoms with Crippen LogP contribution >= 0.6 is 23.2 Å². The molecule has 0 radical (unpaired) electrons. The number of nitrogens with zero attached hydrogens (tertiary/aromatic N) is 2. The number of H-pyrrole nitrogens is 1. The van der Waals surface area contributed by atoms with Crippen molar-refractivity contribution in [1.29, 1.82) is 5.26 Å². The molecule has 8 heteroatoms. The van der Waals surface area contributed by atoms with E-state index in [-0.39, 0.29) is 11.5 Å². The first-order chi connectivity index (χ1) is 16.5. The number of ether oxygens (including phenoxy) is 2. The Hall–Kier alpha value is -3.92. The van der Waals surface area contributed by atoms with Crippen LogP contribution in [-0.2, 0) is 6.61 Å². The second-order valence-corrected chi connectivity index (χ2v) is 8.53. The molecule has 3 N–H and O–H groups in total. The van der Waals surface area contributed by atoms with E-state index in [1.807, 2.05) is 60.7 Å². The number of halogens is 2. The predicted molar refractivity (Wildman–Crippen MR) is 131 cm³/mol. The largest absolute Gasteiger partial charge is 0.489 e. The molecule has 0 fully saturated rings. The van der Waals surface area contributed by atoms with Gasteiger partial charge in [0.1, 0.15) is 24.0 Å². The number of hydrogen-bond donors (Lipinski definition) is 2. The Morgan fingerprint density at radius 3 is 2.50 bits per heavy atom. The lowest BCUT2D eigenvalue weighted by atomic mass is 9.83. The van der Waals surface area contributed by atoms with Crippen molar-refractivity contribution in [2.24, 2.45) is 5.73 Å². The van der Waals surface area contributed by atoms with Crippen LogP contribution in [0.1, 0.15) is 22.6 Å². The van der Waals surface area contributed by atoms with Gasteiger partial charge in [0.05, 0.1) is 27.2 Å². The van der Waals surface area contributed by atoms with Gasteiger partial charge in [-0.05, 0) is 47.5 Å². The minimum absolute atomic E-state index is 0.00813. The molecular formula is C26H18Cl2N4O2. The molecule has 168 valence electrons. The maximum absolute atomic E-state index is 9.86. The van der Waals surface area contributed by atoms with E-state index in [4.69, 9.17) is 38.4 Å². The van der Waals surface area contributed by atoms with Crippen molar-refractivity contribution in [3.8, 4) is 29.0 Å². The van der Waals surface area contributed by atoms with Crippen LogP contribution in [0.4, 0.5) is 0 Å². The van der Waals surface area contributed by atoms with Crippen molar-refractivity contribution in [2.45, 2.75) is 12.5 Å². The summed E-state index contributed by atoms with van der Waals surface area (Å²) in [6, 6.07) is 25.0. The molecule has 4 aromatic rings. The molecule has 0 spiro atoms. The topological polar surface area (TPSA) is 97.0 Å². The summed E-state index contributed by atoms with van der Waals surface area (Å²) in [6.07, 6.45) is 0. The van der Waals surface area contributed by atoms with Crippen molar-refractivity contribution >= 4 is 23.2 Å². The zero-order valence-electron chi connectivity index (χ0n) is 17.8. The van der Waals surface area contributed by atoms with Gasteiger partial charge in [0, 0.05) is 5.56 Å². The van der Waals surface area contributed by atoms with E-state index in [0.717, 1.165) is 22.4 Å². The van der Waals surface area contributed by atoms with E-state index >= 15 is 0 Å². The highest BCUT2D eigenvalue weighted by Crippen LogP contribution is 2.46. The molecule has 1 aliphatic heterocycles. The molecule has 1 aromatic heterocycles. The van der Waals surface area contributed by atoms with E-state index in [1.54, 1.807) is 12.1 Å². The third-order valence-electron chi connectivity index (χ3n) is 5.61. The van der Waals surface area contributed by atoms with Gasteiger partial charge in [-0.3, -0.25) is 5.10 Å². The quantitative estimate of drug-likeness (QED) is 0.349. The number of hydrogen-bond acceptors (Lipinski definition) is 5. The molecule has 1 aliphatic rings. The Balaban J connectivity index is 1.50. The summed E-state index contributed by atoms with van der Waals surface area (Å²) in [4.78, 5) is 0. The van der Waals surface area contributed by atoms with Crippen LogP contribution in [0, 0.1) is 11.3 Å². The number of rotatable bonds is 5. The fourth-order valence-electron chi connectivity index (χ4n) is 3.95. The Kier molecular flexibility index (Phi) is 5.89. The van der Waals surface area contributed by atoms with Gasteiger partial charge in [-0.2, -0.15) is 5.26 Å². The first kappa shape index (κ1) is 21.9. The number of aromatic nitrogens is 2. The van der Waals surface area contributed by atoms with Gasteiger partial charge in [-0.15, -0.1) is 5.10 Å². The summed E-state index contributed by atoms with van der Waals surface area (Å²) in [5, 5.41) is 18.0. The van der Waals surface area contributed by atoms with E-state index in [1.165, 1.54) is 0 Å². The average Bonchev–Trinajstić information content (AvgIpc) is 3.28. The van der Waals surface area contributed by atoms with E-state index in [9.17, 15) is 5.26 Å². The lowest BCUT2D eigenvalue weighted by Gasteiger charge is -2.24. The Morgan fingerprint density at radius 2 is 1.79 bits per heavy atom. The smallest absolute Gasteiger partial charge is 0.244 e. The molecule has 1 atom stereocenters. The molecule has 5 rings (SSSR count). The third kappa shape index (κ3) is 4.08. The fraction of sp³-hybridized carbons (Fsp3) is 0.0769. The SMILES string of the molecule is N#CC1=C(N)Oc2n[nH]c(-c3ccc(OCc4ccccc4)cc3)c2[C@H]1c1ccc(Cl)c(Cl)c1. The van der Waals surface area contributed by atoms with Crippen molar-refractivity contribution in [2.75, 3.05) is 0 Å². The Labute approximate surface area is 206 Å². The molecule has 0 amide bonds. The lowest BCUT2D eigenvalue weighted by molar-refractivity contribution is 0.306. The molecule has 0 saturated carbocycles. The van der Waals surface area contributed by atoms with Crippen molar-refractivity contribution in [1.82, 2.24) is 10.2 Å². The Bertz CT molecular complexity index is 1420. The molecule has 0 bridgehead atoms. The first-order valence-electron chi connectivity index (χ1n) is 10.4. The van der Waals surface area contributed by atoms with Gasteiger partial charge >= 0.3 is 0 Å². The summed E-state index contributed by atoms with van der Waals surface area (Å²) < 4.78 is 11.6. The van der Waals surface area contributed by atoms with Gasteiger partial charge in [0.25, 0.3) is 0 Å². The number of fused-ring (bicyclic) bond motifs is 1. The standard InChI is InChI=1S/C26H18Cl2N4O2/c27-20-11-8-17(12-21(20)28)22-19(13-29)25(30)34-26-23(22)24(31-32-26)16-6-9-18(10-7-16)33-14-15-4-2-1-3-5-15/h1-12,22H,14,30H2,(H,31,32)/t22-/m0/s1. The van der Waals surface area contributed by atoms with E-state index in [2.05, 4.69) is 16.3 Å². The number of nitrogens with one attached hydrogen (secondary N) is 1. The zero-order valence-corrected chi connectivity index (χ0v) is 19.3. The number of allylic oxidation sites excluding steroid dienone is 1. The lowest BCUT2D eigenvalue weighted by Crippen LogP contribution is -2.21. The Morgan fingerprint density at radius 1 is 1.03 bits per heavy atom. The number of aromatic amines is 1. The highest BCUT2D eigenvalue weighted by molar-refractivity contribution is 6.42. The number of benzene rings is 3. The summed E-state index contributed by atoms with van der Waals surface area (Å²) in [7, 11) is 0. The van der Waals surface area contributed by atoms with Crippen LogP contribution in [0.5, 0.6) is 11.6 Å². The van der Waals surface area contributed by atoms with Gasteiger partial charge in [0.2, 0.25) is 11.8 Å². The molecule has 6 nitrogen and oxygen atoms in total. The van der Waals surface area contributed by atoms with Gasteiger partial charge in [-0.25, -0.2) is 0 Å². The van der Waals surface area contributed by atoms with Crippen LogP contribution in [0.25, 0.3) is 11.3 Å². The first-order valence-corrected chi connectivity index (χ1v) is 11.2. The summed E-state index contributed by atoms with van der Waals surface area (Å²) in [5.74, 6) is 0.534. The van der Waals surface area contributed by atoms with Crippen LogP contribution < -0.4 is 15.2 Å². The molecule has 34 heavy (non-hydrogen) atoms. The summed E-state index contributed by atoms with van der Waals surface area (Å²) >= 11 is 12.4. The molecule has 0 saturated heterocycles. The van der Waals surface area contributed by atoms with Crippen LogP contribution in [0.2, 0.25) is 10.0 Å². The van der Waals surface area contributed by atoms with Crippen LogP contribution in [0.3, 0.4) is 0 Å². The maximum Gasteiger partial charge on any atom is 0.244 e. The minimum Gasteiger partial charge on any atom is -0.489 e. The monoisotopic (exact) mass is 488 g/mol. The van der Waals surface area contributed by atoms with Gasteiger partial charge < -0.3 is 15.2 Å². The second kappa shape index (κ2) is 9.14. The summed E-state index contributed by atoms with van der Waals surface area (Å²) in [6.45, 7) is 0.475. The minimum atomic E-state index is -0.522. The van der Waals surface area contributed by atoms with Crippen molar-refractivity contribution in [3.63, 3.8) is 0 Å². The molecule has 3 aromatic carbocycles. The van der Waals surface area contributed by atoms with Crippen molar-refractivity contribution < 1.29 is 9.47 Å². The van der Waals surface area contributed by atoms with E-state index in [0.29, 0.717) is 33.8 Å². The third-order valence-corrected chi connectivity index (χ3v) is 6.35. The highest BCUT2D eigenvalue weighted by atomic mass is 35.5. The molecule has 0 unspecified atom stereocenters. The maximum atomic E-state index is 9.86. The van der Waals surface area contributed by atoms with Crippen LogP contribution in [0.15, 0.2) is 84.3 Å². The predicted octanol–water partition coefficient (Wildman–Crippen LogP) is 6.18. The van der Waals surface area contributed by atoms with E-state index < -0.39 is 5.92 Å². The number of nitriles is 1. The summed E-state index contributed by atoms with van der Waals surface area (Å²) in [5.41, 5.74) is 10.4. The molecule has 2 heterocycles. The normalized spacial score (nSPS) is 14.8. The average molecular weight is 489 g/mol. The molecular weight excluding hydrogens is 471 g/mol. The zero-order chi connectivity index (χ0) is 23.7. The van der Waals surface area contributed by atoms with Gasteiger partial charge in [0.15, 0.2) is 0 Å². The second-order valence-electron chi connectivity index (χ2n) is 7.71. The molecule has 0 aliphatic carbocycles. The fourth-order valence-corrected chi connectivity index (χ4v) is 4.26. The van der Waals surface area contributed by atoms with Crippen molar-refractivity contribution in [3.05, 3.63) is 111 Å². The highest BCUT2D eigenvalue weighted by Gasteiger charge is 2.35. The van der Waals surface area contributed by atoms with Crippen LogP contribution in [-0.4, -0.2) is 10.2 Å². The number of nitrogens with two attached hydrogens (primary N) is 1. The van der Waals surface area contributed by atoms with Gasteiger partial charge in [-0.1, -0.05) is 59.6 Å².